The largest absolute Gasteiger partial charge is 0.466 e. The lowest BCUT2D eigenvalue weighted by Crippen LogP contribution is -2.26. The van der Waals surface area contributed by atoms with E-state index >= 15 is 0 Å². The fraction of sp³-hybridized carbons (Fsp3) is 0.286. The van der Waals surface area contributed by atoms with Crippen LogP contribution < -0.4 is 0 Å². The van der Waals surface area contributed by atoms with Crippen LogP contribution in [0.25, 0.3) is 0 Å². The van der Waals surface area contributed by atoms with Gasteiger partial charge in [-0.3, -0.25) is 0 Å². The normalized spacial score (nSPS) is 27.8. The molecule has 3 heteroatoms. The van der Waals surface area contributed by atoms with Crippen LogP contribution >= 0.6 is 0 Å². The van der Waals surface area contributed by atoms with Crippen molar-refractivity contribution in [2.24, 2.45) is 0 Å². The number of carbonyl (C=O) groups is 1. The molecule has 1 saturated heterocycles. The summed E-state index contributed by atoms with van der Waals surface area (Å²) in [5.41, 5.74) is 3.90. The maximum atomic E-state index is 12.3. The summed E-state index contributed by atoms with van der Waals surface area (Å²) in [6.45, 7) is 2.06. The van der Waals surface area contributed by atoms with E-state index in [-0.39, 0.29) is 23.6 Å². The predicted octanol–water partition coefficient (Wildman–Crippen LogP) is 3.88. The van der Waals surface area contributed by atoms with Gasteiger partial charge in [-0.2, -0.15) is 0 Å². The fourth-order valence-corrected chi connectivity index (χ4v) is 3.71. The molecular weight excluding hydrogens is 300 g/mol. The van der Waals surface area contributed by atoms with Gasteiger partial charge in [0.2, 0.25) is 0 Å². The quantitative estimate of drug-likeness (QED) is 0.636. The molecule has 0 radical (unpaired) electrons. The highest BCUT2D eigenvalue weighted by Crippen LogP contribution is 2.58. The van der Waals surface area contributed by atoms with E-state index in [0.29, 0.717) is 5.57 Å². The van der Waals surface area contributed by atoms with Crippen molar-refractivity contribution in [3.8, 4) is 0 Å². The molecule has 3 nitrogen and oxygen atoms in total. The average molecular weight is 320 g/mol. The zero-order chi connectivity index (χ0) is 16.7. The molecule has 1 aliphatic carbocycles. The maximum Gasteiger partial charge on any atom is 0.334 e. The van der Waals surface area contributed by atoms with Crippen LogP contribution in [0.5, 0.6) is 0 Å². The first kappa shape index (κ1) is 15.2. The number of aryl methyl sites for hydroxylation is 1. The van der Waals surface area contributed by atoms with Crippen LogP contribution in [0.3, 0.4) is 0 Å². The summed E-state index contributed by atoms with van der Waals surface area (Å²) in [5, 5.41) is 0. The third-order valence-electron chi connectivity index (χ3n) is 5.12. The molecule has 24 heavy (non-hydrogen) atoms. The van der Waals surface area contributed by atoms with E-state index in [0.717, 1.165) is 12.0 Å². The topological polar surface area (TPSA) is 38.8 Å². The van der Waals surface area contributed by atoms with Crippen LogP contribution in [-0.4, -0.2) is 19.2 Å². The fourth-order valence-electron chi connectivity index (χ4n) is 3.71. The average Bonchev–Trinajstić information content (AvgIpc) is 3.36. The summed E-state index contributed by atoms with van der Waals surface area (Å²) in [6.07, 6.45) is 2.66. The number of rotatable bonds is 3. The molecule has 1 fully saturated rings. The van der Waals surface area contributed by atoms with Crippen LogP contribution in [0.15, 0.2) is 66.2 Å². The van der Waals surface area contributed by atoms with Gasteiger partial charge in [0.1, 0.15) is 11.7 Å². The molecular formula is C21H20O3. The van der Waals surface area contributed by atoms with Crippen molar-refractivity contribution in [1.82, 2.24) is 0 Å². The van der Waals surface area contributed by atoms with Gasteiger partial charge in [-0.05, 0) is 30.5 Å². The zero-order valence-electron chi connectivity index (χ0n) is 13.9. The van der Waals surface area contributed by atoms with E-state index in [1.165, 1.54) is 18.2 Å². The molecule has 2 aromatic carbocycles. The molecule has 0 spiro atoms. The standard InChI is InChI=1S/C21H20O3/c1-14-8-10-15(11-9-14)18-13-21(16-6-4-3-5-7-16)19(24-21)12-17(18)20(22)23-2/h3-12,18-19H,13H2,1-2H3/t18-,19-,21-/m0/s1. The van der Waals surface area contributed by atoms with Crippen molar-refractivity contribution in [3.05, 3.63) is 82.9 Å². The van der Waals surface area contributed by atoms with Crippen LogP contribution in [0.4, 0.5) is 0 Å². The Morgan fingerprint density at radius 3 is 2.50 bits per heavy atom. The first-order valence-corrected chi connectivity index (χ1v) is 8.24. The Labute approximate surface area is 141 Å². The number of epoxide rings is 1. The molecule has 0 bridgehead atoms. The van der Waals surface area contributed by atoms with Crippen molar-refractivity contribution in [3.63, 3.8) is 0 Å². The molecule has 2 aliphatic rings. The van der Waals surface area contributed by atoms with Gasteiger partial charge in [0.05, 0.1) is 7.11 Å². The molecule has 0 N–H and O–H groups in total. The minimum absolute atomic E-state index is 0.0167. The van der Waals surface area contributed by atoms with E-state index in [1.54, 1.807) is 0 Å². The monoisotopic (exact) mass is 320 g/mol. The maximum absolute atomic E-state index is 12.3. The van der Waals surface area contributed by atoms with Crippen molar-refractivity contribution in [1.29, 1.82) is 0 Å². The highest BCUT2D eigenvalue weighted by atomic mass is 16.6. The summed E-state index contributed by atoms with van der Waals surface area (Å²) in [7, 11) is 1.43. The minimum Gasteiger partial charge on any atom is -0.466 e. The molecule has 0 aromatic heterocycles. The van der Waals surface area contributed by atoms with Crippen LogP contribution in [0.1, 0.15) is 29.0 Å². The number of carbonyl (C=O) groups excluding carboxylic acids is 1. The molecule has 3 atom stereocenters. The number of hydrogen-bond acceptors (Lipinski definition) is 3. The van der Waals surface area contributed by atoms with Crippen LogP contribution in [0, 0.1) is 6.92 Å². The second-order valence-corrected chi connectivity index (χ2v) is 6.57. The molecule has 4 rings (SSSR count). The first-order chi connectivity index (χ1) is 11.6. The molecule has 122 valence electrons. The van der Waals surface area contributed by atoms with E-state index in [4.69, 9.17) is 9.47 Å². The van der Waals surface area contributed by atoms with Crippen molar-refractivity contribution >= 4 is 5.97 Å². The van der Waals surface area contributed by atoms with Crippen LogP contribution in [0.2, 0.25) is 0 Å². The van der Waals surface area contributed by atoms with E-state index in [1.807, 2.05) is 24.3 Å². The smallest absolute Gasteiger partial charge is 0.334 e. The number of ether oxygens (including phenoxy) is 2. The van der Waals surface area contributed by atoms with E-state index < -0.39 is 0 Å². The lowest BCUT2D eigenvalue weighted by atomic mass is 9.74. The van der Waals surface area contributed by atoms with Gasteiger partial charge < -0.3 is 9.47 Å². The third kappa shape index (κ3) is 2.36. The SMILES string of the molecule is COC(=O)C1=C[C@@H]2O[C@]2(c2ccccc2)C[C@H]1c1ccc(C)cc1. The predicted molar refractivity (Wildman–Crippen MR) is 91.6 cm³/mol. The highest BCUT2D eigenvalue weighted by molar-refractivity contribution is 5.91. The lowest BCUT2D eigenvalue weighted by Gasteiger charge is -2.27. The Kier molecular flexibility index (Phi) is 3.54. The van der Waals surface area contributed by atoms with Crippen molar-refractivity contribution in [2.75, 3.05) is 7.11 Å². The third-order valence-corrected chi connectivity index (χ3v) is 5.12. The summed E-state index contributed by atoms with van der Waals surface area (Å²) in [4.78, 5) is 12.3. The van der Waals surface area contributed by atoms with Crippen molar-refractivity contribution in [2.45, 2.75) is 31.0 Å². The Balaban J connectivity index is 1.75. The summed E-state index contributed by atoms with van der Waals surface area (Å²) in [5.74, 6) is -0.283. The Morgan fingerprint density at radius 1 is 1.12 bits per heavy atom. The minimum atomic E-state index is -0.311. The second-order valence-electron chi connectivity index (χ2n) is 6.57. The summed E-state index contributed by atoms with van der Waals surface area (Å²) >= 11 is 0. The summed E-state index contributed by atoms with van der Waals surface area (Å²) in [6, 6.07) is 18.6. The summed E-state index contributed by atoms with van der Waals surface area (Å²) < 4.78 is 11.1. The molecule has 0 unspecified atom stereocenters. The Bertz CT molecular complexity index is 792. The molecule has 0 amide bonds. The van der Waals surface area contributed by atoms with E-state index in [2.05, 4.69) is 43.3 Å². The first-order valence-electron chi connectivity index (χ1n) is 8.24. The number of hydrogen-bond donors (Lipinski definition) is 0. The van der Waals surface area contributed by atoms with Gasteiger partial charge in [-0.25, -0.2) is 4.79 Å². The van der Waals surface area contributed by atoms with Gasteiger partial charge in [0.25, 0.3) is 0 Å². The second kappa shape index (κ2) is 5.60. The number of esters is 1. The number of fused-ring (bicyclic) bond motifs is 1. The molecule has 2 aromatic rings. The van der Waals surface area contributed by atoms with Crippen LogP contribution in [-0.2, 0) is 19.9 Å². The van der Waals surface area contributed by atoms with Gasteiger partial charge in [-0.15, -0.1) is 0 Å². The highest BCUT2D eigenvalue weighted by Gasteiger charge is 2.60. The Morgan fingerprint density at radius 2 is 1.83 bits per heavy atom. The number of benzene rings is 2. The molecule has 0 saturated carbocycles. The van der Waals surface area contributed by atoms with Gasteiger partial charge >= 0.3 is 5.97 Å². The van der Waals surface area contributed by atoms with E-state index in [9.17, 15) is 4.79 Å². The molecule has 1 aliphatic heterocycles. The lowest BCUT2D eigenvalue weighted by molar-refractivity contribution is -0.136. The molecule has 1 heterocycles. The van der Waals surface area contributed by atoms with Gasteiger partial charge in [-0.1, -0.05) is 60.2 Å². The zero-order valence-corrected chi connectivity index (χ0v) is 13.9. The number of methoxy groups -OCH3 is 1. The Hall–Kier alpha value is -2.39. The van der Waals surface area contributed by atoms with Crippen molar-refractivity contribution < 1.29 is 14.3 Å². The van der Waals surface area contributed by atoms with Gasteiger partial charge in [0, 0.05) is 11.5 Å². The van der Waals surface area contributed by atoms with Gasteiger partial charge in [0.15, 0.2) is 0 Å².